The zero-order chi connectivity index (χ0) is 19.4. The van der Waals surface area contributed by atoms with Gasteiger partial charge in [-0.15, -0.1) is 10.2 Å². The number of rotatable bonds is 5. The van der Waals surface area contributed by atoms with Gasteiger partial charge in [0, 0.05) is 52.4 Å². The minimum Gasteiger partial charge on any atom is -0.356 e. The molecule has 0 radical (unpaired) electrons. The highest BCUT2D eigenvalue weighted by Gasteiger charge is 2.24. The van der Waals surface area contributed by atoms with E-state index in [1.807, 2.05) is 12.1 Å². The first kappa shape index (κ1) is 18.8. The summed E-state index contributed by atoms with van der Waals surface area (Å²) in [5.74, 6) is 1.53. The highest BCUT2D eigenvalue weighted by molar-refractivity contribution is 5.92. The van der Waals surface area contributed by atoms with Crippen LogP contribution in [-0.4, -0.2) is 70.1 Å². The first-order valence-corrected chi connectivity index (χ1v) is 9.20. The van der Waals surface area contributed by atoms with E-state index in [1.54, 1.807) is 4.90 Å². The average molecular weight is 371 g/mol. The van der Waals surface area contributed by atoms with Gasteiger partial charge in [-0.1, -0.05) is 0 Å². The van der Waals surface area contributed by atoms with Crippen LogP contribution in [0.4, 0.5) is 11.6 Å². The summed E-state index contributed by atoms with van der Waals surface area (Å²) in [4.78, 5) is 30.0. The van der Waals surface area contributed by atoms with E-state index in [1.165, 1.54) is 23.9 Å². The van der Waals surface area contributed by atoms with Crippen LogP contribution in [-0.2, 0) is 7.05 Å². The lowest BCUT2D eigenvalue weighted by Crippen LogP contribution is -2.49. The third-order valence-corrected chi connectivity index (χ3v) is 4.79. The quantitative estimate of drug-likeness (QED) is 0.751. The van der Waals surface area contributed by atoms with Crippen LogP contribution in [0.25, 0.3) is 0 Å². The van der Waals surface area contributed by atoms with Crippen molar-refractivity contribution in [3.63, 3.8) is 0 Å². The number of aromatic nitrogens is 4. The molecular weight excluding hydrogens is 346 g/mol. The van der Waals surface area contributed by atoms with E-state index in [9.17, 15) is 9.59 Å². The Balaban J connectivity index is 1.62. The standard InChI is InChI=1S/C18H25N7O2/c1-4-23(5-2)15-7-8-16(20-19-15)24-10-12-25(13-11-24)18(27)14-6-9-17(26)22(3)21-14/h6-9H,4-5,10-13H2,1-3H3. The number of amides is 1. The van der Waals surface area contributed by atoms with Crippen LogP contribution in [0.5, 0.6) is 0 Å². The summed E-state index contributed by atoms with van der Waals surface area (Å²) in [6.45, 7) is 8.47. The molecule has 2 aromatic heterocycles. The van der Waals surface area contributed by atoms with Gasteiger partial charge in [0.25, 0.3) is 11.5 Å². The summed E-state index contributed by atoms with van der Waals surface area (Å²) in [5, 5.41) is 12.7. The second-order valence-electron chi connectivity index (χ2n) is 6.38. The number of carbonyl (C=O) groups excluding carboxylic acids is 1. The van der Waals surface area contributed by atoms with E-state index in [-0.39, 0.29) is 17.2 Å². The van der Waals surface area contributed by atoms with Crippen molar-refractivity contribution in [1.82, 2.24) is 24.9 Å². The summed E-state index contributed by atoms with van der Waals surface area (Å²) >= 11 is 0. The molecule has 1 saturated heterocycles. The smallest absolute Gasteiger partial charge is 0.274 e. The SMILES string of the molecule is CCN(CC)c1ccc(N2CCN(C(=O)c3ccc(=O)n(C)n3)CC2)nn1. The monoisotopic (exact) mass is 371 g/mol. The predicted molar refractivity (Wildman–Crippen MR) is 103 cm³/mol. The van der Waals surface area contributed by atoms with Gasteiger partial charge in [0.05, 0.1) is 0 Å². The zero-order valence-electron chi connectivity index (χ0n) is 16.0. The molecular formula is C18H25N7O2. The number of carbonyl (C=O) groups is 1. The molecule has 2 aromatic rings. The second-order valence-corrected chi connectivity index (χ2v) is 6.38. The van der Waals surface area contributed by atoms with Crippen LogP contribution in [0, 0.1) is 0 Å². The van der Waals surface area contributed by atoms with Crippen molar-refractivity contribution in [2.75, 3.05) is 49.1 Å². The summed E-state index contributed by atoms with van der Waals surface area (Å²) in [7, 11) is 1.54. The highest BCUT2D eigenvalue weighted by Crippen LogP contribution is 2.17. The number of anilines is 2. The number of nitrogens with zero attached hydrogens (tertiary/aromatic N) is 7. The first-order valence-electron chi connectivity index (χ1n) is 9.20. The number of hydrogen-bond acceptors (Lipinski definition) is 7. The Morgan fingerprint density at radius 2 is 1.74 bits per heavy atom. The molecule has 0 atom stereocenters. The third kappa shape index (κ3) is 4.07. The molecule has 0 spiro atoms. The minimum absolute atomic E-state index is 0.159. The predicted octanol–water partition coefficient (Wildman–Crippen LogP) is 0.379. The minimum atomic E-state index is -0.233. The van der Waals surface area contributed by atoms with Crippen LogP contribution in [0.3, 0.4) is 0 Å². The van der Waals surface area contributed by atoms with E-state index in [0.717, 1.165) is 24.7 Å². The lowest BCUT2D eigenvalue weighted by atomic mass is 10.2. The average Bonchev–Trinajstić information content (AvgIpc) is 2.71. The van der Waals surface area contributed by atoms with Gasteiger partial charge in [0.15, 0.2) is 11.6 Å². The summed E-state index contributed by atoms with van der Waals surface area (Å²) < 4.78 is 1.18. The molecule has 9 nitrogen and oxygen atoms in total. The largest absolute Gasteiger partial charge is 0.356 e. The highest BCUT2D eigenvalue weighted by atomic mass is 16.2. The Morgan fingerprint density at radius 3 is 2.30 bits per heavy atom. The Kier molecular flexibility index (Phi) is 5.68. The van der Waals surface area contributed by atoms with Gasteiger partial charge in [-0.25, -0.2) is 4.68 Å². The van der Waals surface area contributed by atoms with E-state index < -0.39 is 0 Å². The number of aryl methyl sites for hydroxylation is 1. The van der Waals surface area contributed by atoms with Crippen LogP contribution >= 0.6 is 0 Å². The molecule has 144 valence electrons. The molecule has 1 fully saturated rings. The third-order valence-electron chi connectivity index (χ3n) is 4.79. The van der Waals surface area contributed by atoms with E-state index in [0.29, 0.717) is 26.2 Å². The fourth-order valence-electron chi connectivity index (χ4n) is 3.12. The van der Waals surface area contributed by atoms with E-state index in [4.69, 9.17) is 0 Å². The van der Waals surface area contributed by atoms with Gasteiger partial charge in [-0.3, -0.25) is 9.59 Å². The molecule has 0 N–H and O–H groups in total. The molecule has 1 aliphatic rings. The molecule has 3 heterocycles. The molecule has 1 amide bonds. The Morgan fingerprint density at radius 1 is 1.04 bits per heavy atom. The maximum atomic E-state index is 12.6. The lowest BCUT2D eigenvalue weighted by Gasteiger charge is -2.35. The number of hydrogen-bond donors (Lipinski definition) is 0. The molecule has 0 bridgehead atoms. The second kappa shape index (κ2) is 8.15. The van der Waals surface area contributed by atoms with Crippen molar-refractivity contribution in [2.45, 2.75) is 13.8 Å². The molecule has 1 aliphatic heterocycles. The Bertz CT molecular complexity index is 838. The lowest BCUT2D eigenvalue weighted by molar-refractivity contribution is 0.0738. The molecule has 0 aliphatic carbocycles. The van der Waals surface area contributed by atoms with E-state index in [2.05, 4.69) is 38.9 Å². The fraction of sp³-hybridized carbons (Fsp3) is 0.500. The van der Waals surface area contributed by atoms with Gasteiger partial charge < -0.3 is 14.7 Å². The maximum Gasteiger partial charge on any atom is 0.274 e. The zero-order valence-corrected chi connectivity index (χ0v) is 16.0. The van der Waals surface area contributed by atoms with Crippen molar-refractivity contribution < 1.29 is 4.79 Å². The van der Waals surface area contributed by atoms with Gasteiger partial charge in [0.2, 0.25) is 0 Å². The van der Waals surface area contributed by atoms with Crippen LogP contribution < -0.4 is 15.4 Å². The number of piperazine rings is 1. The normalized spacial score (nSPS) is 14.3. The molecule has 0 saturated carbocycles. The molecule has 9 heteroatoms. The fourth-order valence-corrected chi connectivity index (χ4v) is 3.12. The van der Waals surface area contributed by atoms with E-state index >= 15 is 0 Å². The van der Waals surface area contributed by atoms with Crippen LogP contribution in [0.15, 0.2) is 29.1 Å². The van der Waals surface area contributed by atoms with Crippen LogP contribution in [0.1, 0.15) is 24.3 Å². The maximum absolute atomic E-state index is 12.6. The van der Waals surface area contributed by atoms with Gasteiger partial charge in [-0.2, -0.15) is 5.10 Å². The van der Waals surface area contributed by atoms with Crippen LogP contribution in [0.2, 0.25) is 0 Å². The first-order chi connectivity index (χ1) is 13.0. The van der Waals surface area contributed by atoms with Crippen molar-refractivity contribution in [2.24, 2.45) is 7.05 Å². The molecule has 3 rings (SSSR count). The summed E-state index contributed by atoms with van der Waals surface area (Å²) in [6, 6.07) is 6.81. The van der Waals surface area contributed by atoms with Crippen molar-refractivity contribution in [3.05, 3.63) is 40.3 Å². The van der Waals surface area contributed by atoms with Gasteiger partial charge >= 0.3 is 0 Å². The van der Waals surface area contributed by atoms with Crippen molar-refractivity contribution >= 4 is 17.5 Å². The Labute approximate surface area is 158 Å². The van der Waals surface area contributed by atoms with Gasteiger partial charge in [-0.05, 0) is 32.0 Å². The van der Waals surface area contributed by atoms with Crippen molar-refractivity contribution in [1.29, 1.82) is 0 Å². The topological polar surface area (TPSA) is 87.5 Å². The molecule has 0 aromatic carbocycles. The molecule has 27 heavy (non-hydrogen) atoms. The van der Waals surface area contributed by atoms with Crippen molar-refractivity contribution in [3.8, 4) is 0 Å². The van der Waals surface area contributed by atoms with Gasteiger partial charge in [0.1, 0.15) is 5.69 Å². The summed E-state index contributed by atoms with van der Waals surface area (Å²) in [5.41, 5.74) is 0.0528. The summed E-state index contributed by atoms with van der Waals surface area (Å²) in [6.07, 6.45) is 0. The molecule has 0 unspecified atom stereocenters. The Hall–Kier alpha value is -2.97.